The molecule has 4 rings (SSSR count). The molecule has 3 aromatic carbocycles. The second-order valence-electron chi connectivity index (χ2n) is 8.53. The van der Waals surface area contributed by atoms with Gasteiger partial charge >= 0.3 is 0 Å². The minimum atomic E-state index is -0.0375. The van der Waals surface area contributed by atoms with Gasteiger partial charge in [-0.3, -0.25) is 9.69 Å². The lowest BCUT2D eigenvalue weighted by molar-refractivity contribution is 0.0951. The highest BCUT2D eigenvalue weighted by atomic mass is 16.5. The summed E-state index contributed by atoms with van der Waals surface area (Å²) < 4.78 is 10.8. The lowest BCUT2D eigenvalue weighted by atomic mass is 9.88. The predicted octanol–water partition coefficient (Wildman–Crippen LogP) is 5.01. The molecule has 0 aromatic heterocycles. The molecule has 1 saturated heterocycles. The van der Waals surface area contributed by atoms with Crippen LogP contribution in [-0.2, 0) is 13.1 Å². The van der Waals surface area contributed by atoms with Crippen molar-refractivity contribution in [3.63, 3.8) is 0 Å². The van der Waals surface area contributed by atoms with Crippen molar-refractivity contribution in [2.24, 2.45) is 0 Å². The third kappa shape index (κ3) is 5.93. The molecule has 0 spiro atoms. The molecular weight excluding hydrogens is 412 g/mol. The molecule has 33 heavy (non-hydrogen) atoms. The Morgan fingerprint density at radius 2 is 1.64 bits per heavy atom. The lowest BCUT2D eigenvalue weighted by Gasteiger charge is -2.32. The molecule has 1 fully saturated rings. The van der Waals surface area contributed by atoms with Crippen LogP contribution in [0.4, 0.5) is 0 Å². The van der Waals surface area contributed by atoms with Crippen LogP contribution in [0, 0.1) is 0 Å². The van der Waals surface area contributed by atoms with Crippen molar-refractivity contribution in [2.75, 3.05) is 27.3 Å². The van der Waals surface area contributed by atoms with Gasteiger partial charge in [-0.2, -0.15) is 0 Å². The third-order valence-corrected chi connectivity index (χ3v) is 6.35. The molecule has 0 atom stereocenters. The van der Waals surface area contributed by atoms with E-state index in [0.29, 0.717) is 18.0 Å². The van der Waals surface area contributed by atoms with Crippen LogP contribution in [0.2, 0.25) is 0 Å². The number of nitrogens with one attached hydrogen (secondary N) is 1. The summed E-state index contributed by atoms with van der Waals surface area (Å²) in [5.41, 5.74) is 4.44. The number of nitrogens with zero attached hydrogens (tertiary/aromatic N) is 1. The Morgan fingerprint density at radius 3 is 2.36 bits per heavy atom. The lowest BCUT2D eigenvalue weighted by Crippen LogP contribution is -2.32. The summed E-state index contributed by atoms with van der Waals surface area (Å²) in [5.74, 6) is 2.06. The summed E-state index contributed by atoms with van der Waals surface area (Å²) in [5, 5.41) is 3.03. The first-order valence-electron chi connectivity index (χ1n) is 11.5. The molecule has 1 heterocycles. The average molecular weight is 445 g/mol. The van der Waals surface area contributed by atoms with Crippen LogP contribution >= 0.6 is 0 Å². The SMILES string of the molecule is COc1ccc(CN2CCC(c3cccc(CNC(=O)c4ccccc4)c3)CC2)cc1OC. The molecule has 1 aliphatic rings. The highest BCUT2D eigenvalue weighted by molar-refractivity contribution is 5.94. The van der Waals surface area contributed by atoms with E-state index in [1.54, 1.807) is 14.2 Å². The Balaban J connectivity index is 1.30. The maximum atomic E-state index is 12.3. The normalized spacial score (nSPS) is 14.6. The monoisotopic (exact) mass is 444 g/mol. The zero-order chi connectivity index (χ0) is 23.0. The van der Waals surface area contributed by atoms with Gasteiger partial charge in [0.05, 0.1) is 14.2 Å². The summed E-state index contributed by atoms with van der Waals surface area (Å²) in [7, 11) is 3.34. The number of ether oxygens (including phenoxy) is 2. The van der Waals surface area contributed by atoms with E-state index in [-0.39, 0.29) is 5.91 Å². The Kier molecular flexibility index (Phi) is 7.63. The standard InChI is InChI=1S/C28H32N2O3/c1-32-26-12-11-22(18-27(26)33-2)20-30-15-13-23(14-16-30)25-10-6-7-21(17-25)19-29-28(31)24-8-4-3-5-9-24/h3-12,17-18,23H,13-16,19-20H2,1-2H3,(H,29,31). The molecule has 0 bridgehead atoms. The van der Waals surface area contributed by atoms with Gasteiger partial charge in [-0.15, -0.1) is 0 Å². The Morgan fingerprint density at radius 1 is 0.879 bits per heavy atom. The predicted molar refractivity (Wildman–Crippen MR) is 131 cm³/mol. The first-order valence-corrected chi connectivity index (χ1v) is 11.5. The topological polar surface area (TPSA) is 50.8 Å². The molecule has 0 unspecified atom stereocenters. The van der Waals surface area contributed by atoms with Crippen molar-refractivity contribution in [3.8, 4) is 11.5 Å². The summed E-state index contributed by atoms with van der Waals surface area (Å²) in [4.78, 5) is 14.8. The number of likely N-dealkylation sites (tertiary alicyclic amines) is 1. The molecule has 172 valence electrons. The maximum Gasteiger partial charge on any atom is 0.251 e. The van der Waals surface area contributed by atoms with Crippen LogP contribution in [0.15, 0.2) is 72.8 Å². The van der Waals surface area contributed by atoms with E-state index < -0.39 is 0 Å². The van der Waals surface area contributed by atoms with E-state index in [9.17, 15) is 4.79 Å². The van der Waals surface area contributed by atoms with Crippen LogP contribution in [0.25, 0.3) is 0 Å². The number of amides is 1. The molecule has 1 aliphatic heterocycles. The Labute approximate surface area is 196 Å². The summed E-state index contributed by atoms with van der Waals surface area (Å²) in [6.07, 6.45) is 2.26. The van der Waals surface area contributed by atoms with Gasteiger partial charge in [0.2, 0.25) is 0 Å². The van der Waals surface area contributed by atoms with Crippen LogP contribution < -0.4 is 14.8 Å². The third-order valence-electron chi connectivity index (χ3n) is 6.35. The highest BCUT2D eigenvalue weighted by Crippen LogP contribution is 2.31. The minimum absolute atomic E-state index is 0.0375. The largest absolute Gasteiger partial charge is 0.493 e. The number of carbonyl (C=O) groups excluding carboxylic acids is 1. The van der Waals surface area contributed by atoms with Gasteiger partial charge in [0.15, 0.2) is 11.5 Å². The molecule has 5 nitrogen and oxygen atoms in total. The van der Waals surface area contributed by atoms with Crippen LogP contribution in [-0.4, -0.2) is 38.1 Å². The number of methoxy groups -OCH3 is 2. The van der Waals surface area contributed by atoms with Crippen molar-refractivity contribution in [3.05, 3.63) is 95.1 Å². The smallest absolute Gasteiger partial charge is 0.251 e. The minimum Gasteiger partial charge on any atom is -0.493 e. The van der Waals surface area contributed by atoms with E-state index >= 15 is 0 Å². The molecule has 0 saturated carbocycles. The fourth-order valence-electron chi connectivity index (χ4n) is 4.49. The molecule has 5 heteroatoms. The first-order chi connectivity index (χ1) is 16.2. The van der Waals surface area contributed by atoms with E-state index in [4.69, 9.17) is 9.47 Å². The van der Waals surface area contributed by atoms with Crippen LogP contribution in [0.1, 0.15) is 45.8 Å². The van der Waals surface area contributed by atoms with E-state index in [0.717, 1.165) is 49.5 Å². The Bertz CT molecular complexity index is 1060. The number of hydrogen-bond acceptors (Lipinski definition) is 4. The summed E-state index contributed by atoms with van der Waals surface area (Å²) in [6, 6.07) is 24.2. The molecular formula is C28H32N2O3. The number of hydrogen-bond donors (Lipinski definition) is 1. The van der Waals surface area contributed by atoms with Crippen molar-refractivity contribution < 1.29 is 14.3 Å². The fourth-order valence-corrected chi connectivity index (χ4v) is 4.49. The second kappa shape index (κ2) is 11.0. The van der Waals surface area contributed by atoms with Gasteiger partial charge in [-0.25, -0.2) is 0 Å². The van der Waals surface area contributed by atoms with Gasteiger partial charge in [-0.1, -0.05) is 48.5 Å². The number of carbonyl (C=O) groups is 1. The van der Waals surface area contributed by atoms with Crippen molar-refractivity contribution in [1.29, 1.82) is 0 Å². The van der Waals surface area contributed by atoms with E-state index in [2.05, 4.69) is 46.6 Å². The van der Waals surface area contributed by atoms with Gasteiger partial charge in [0.25, 0.3) is 5.91 Å². The van der Waals surface area contributed by atoms with Gasteiger partial charge < -0.3 is 14.8 Å². The molecule has 0 aliphatic carbocycles. The zero-order valence-corrected chi connectivity index (χ0v) is 19.4. The number of piperidine rings is 1. The zero-order valence-electron chi connectivity index (χ0n) is 19.4. The van der Waals surface area contributed by atoms with Gasteiger partial charge in [0.1, 0.15) is 0 Å². The second-order valence-corrected chi connectivity index (χ2v) is 8.53. The van der Waals surface area contributed by atoms with Crippen molar-refractivity contribution in [1.82, 2.24) is 10.2 Å². The fraction of sp³-hybridized carbons (Fsp3) is 0.321. The molecule has 1 N–H and O–H groups in total. The number of rotatable bonds is 8. The average Bonchev–Trinajstić information content (AvgIpc) is 2.88. The summed E-state index contributed by atoms with van der Waals surface area (Å²) in [6.45, 7) is 3.58. The molecule has 0 radical (unpaired) electrons. The summed E-state index contributed by atoms with van der Waals surface area (Å²) >= 11 is 0. The first kappa shape index (κ1) is 22.9. The van der Waals surface area contributed by atoms with E-state index in [1.807, 2.05) is 36.4 Å². The Hall–Kier alpha value is -3.31. The van der Waals surface area contributed by atoms with Crippen molar-refractivity contribution in [2.45, 2.75) is 31.8 Å². The number of benzene rings is 3. The van der Waals surface area contributed by atoms with E-state index in [1.165, 1.54) is 11.1 Å². The quantitative estimate of drug-likeness (QED) is 0.530. The van der Waals surface area contributed by atoms with Crippen LogP contribution in [0.5, 0.6) is 11.5 Å². The van der Waals surface area contributed by atoms with Gasteiger partial charge in [0, 0.05) is 18.7 Å². The molecule has 1 amide bonds. The van der Waals surface area contributed by atoms with Crippen LogP contribution in [0.3, 0.4) is 0 Å². The highest BCUT2D eigenvalue weighted by Gasteiger charge is 2.21. The van der Waals surface area contributed by atoms with Gasteiger partial charge in [-0.05, 0) is 72.8 Å². The van der Waals surface area contributed by atoms with Crippen molar-refractivity contribution >= 4 is 5.91 Å². The molecule has 3 aromatic rings. The maximum absolute atomic E-state index is 12.3.